The molecule has 1 aliphatic rings. The molecule has 0 saturated carbocycles. The quantitative estimate of drug-likeness (QED) is 0.288. The molecule has 0 fully saturated rings. The molecule has 0 unspecified atom stereocenters. The van der Waals surface area contributed by atoms with Gasteiger partial charge in [0.25, 0.3) is 0 Å². The van der Waals surface area contributed by atoms with Crippen LogP contribution in [0.15, 0.2) is 35.9 Å². The molecule has 0 aromatic carbocycles. The molecule has 28 heavy (non-hydrogen) atoms. The van der Waals surface area contributed by atoms with E-state index in [9.17, 15) is 0 Å². The number of rotatable bonds is 13. The summed E-state index contributed by atoms with van der Waals surface area (Å²) in [7, 11) is 0. The van der Waals surface area contributed by atoms with Crippen molar-refractivity contribution in [1.82, 2.24) is 0 Å². The van der Waals surface area contributed by atoms with Crippen LogP contribution in [0.5, 0.6) is 0 Å². The highest BCUT2D eigenvalue weighted by atomic mass is 32.1. The summed E-state index contributed by atoms with van der Waals surface area (Å²) < 4.78 is 0. The average Bonchev–Trinajstić information content (AvgIpc) is 3.18. The maximum absolute atomic E-state index is 2.46. The zero-order valence-corrected chi connectivity index (χ0v) is 19.6. The summed E-state index contributed by atoms with van der Waals surface area (Å²) in [4.78, 5) is 6.09. The van der Waals surface area contributed by atoms with Crippen LogP contribution in [0.2, 0.25) is 0 Å². The Bertz CT molecular complexity index is 801. The van der Waals surface area contributed by atoms with Crippen LogP contribution in [0.25, 0.3) is 9.75 Å². The van der Waals surface area contributed by atoms with Gasteiger partial charge in [-0.3, -0.25) is 0 Å². The summed E-state index contributed by atoms with van der Waals surface area (Å²) in [5.74, 6) is 0. The number of allylic oxidation sites excluding steroid dienone is 4. The molecule has 2 aromatic rings. The van der Waals surface area contributed by atoms with Crippen LogP contribution >= 0.6 is 22.7 Å². The van der Waals surface area contributed by atoms with Gasteiger partial charge in [-0.25, -0.2) is 0 Å². The van der Waals surface area contributed by atoms with Gasteiger partial charge >= 0.3 is 0 Å². The van der Waals surface area contributed by atoms with E-state index in [1.54, 1.807) is 20.9 Å². The number of thiophene rings is 2. The largest absolute Gasteiger partial charge is 0.139 e. The minimum atomic E-state index is 1.24. The third-order valence-electron chi connectivity index (χ3n) is 5.65. The van der Waals surface area contributed by atoms with E-state index in [-0.39, 0.29) is 0 Å². The standard InChI is InChI=1S/C26H36S2/c1-4-5-6-10-16-23-18-20(2)27-25(23)26-24(19-21(3)28-26)17-11-8-7-9-13-22-14-12-15-22/h12,14-15,18-19H,4-11,13,16-17H2,1-3H3. The number of hydrogen-bond donors (Lipinski definition) is 0. The second kappa shape index (κ2) is 11.2. The Hall–Kier alpha value is -1.12. The van der Waals surface area contributed by atoms with Crippen molar-refractivity contribution < 1.29 is 0 Å². The fourth-order valence-corrected chi connectivity index (χ4v) is 6.36. The van der Waals surface area contributed by atoms with Gasteiger partial charge in [0, 0.05) is 19.5 Å². The highest BCUT2D eigenvalue weighted by Gasteiger charge is 2.16. The van der Waals surface area contributed by atoms with Crippen LogP contribution in [-0.2, 0) is 12.8 Å². The topological polar surface area (TPSA) is 0 Å². The third kappa shape index (κ3) is 6.19. The molecule has 2 heteroatoms. The van der Waals surface area contributed by atoms with Gasteiger partial charge in [-0.2, -0.15) is 0 Å². The monoisotopic (exact) mass is 412 g/mol. The van der Waals surface area contributed by atoms with Crippen molar-refractivity contribution in [3.63, 3.8) is 0 Å². The van der Waals surface area contributed by atoms with Gasteiger partial charge in [0.15, 0.2) is 0 Å². The van der Waals surface area contributed by atoms with Crippen molar-refractivity contribution >= 4 is 22.7 Å². The Kier molecular flexibility index (Phi) is 8.61. The minimum absolute atomic E-state index is 1.24. The maximum Gasteiger partial charge on any atom is 0.0480 e. The lowest BCUT2D eigenvalue weighted by Crippen LogP contribution is -1.90. The van der Waals surface area contributed by atoms with E-state index in [4.69, 9.17) is 0 Å². The summed E-state index contributed by atoms with van der Waals surface area (Å²) >= 11 is 4.03. The van der Waals surface area contributed by atoms with Crippen LogP contribution in [0, 0.1) is 13.8 Å². The van der Waals surface area contributed by atoms with E-state index in [2.05, 4.69) is 51.1 Å². The summed E-state index contributed by atoms with van der Waals surface area (Å²) in [6.07, 6.45) is 21.2. The third-order valence-corrected chi connectivity index (χ3v) is 8.00. The Morgan fingerprint density at radius 2 is 1.18 bits per heavy atom. The van der Waals surface area contributed by atoms with E-state index in [1.807, 2.05) is 22.7 Å². The molecular weight excluding hydrogens is 376 g/mol. The SMILES string of the molecule is CCCCCCc1cc(C)sc1-c1sc(C)cc1CCCCCCC1=CC=C1. The van der Waals surface area contributed by atoms with Crippen molar-refractivity contribution in [3.8, 4) is 9.75 Å². The van der Waals surface area contributed by atoms with Crippen LogP contribution in [-0.4, -0.2) is 0 Å². The maximum atomic E-state index is 2.46. The van der Waals surface area contributed by atoms with Crippen LogP contribution < -0.4 is 0 Å². The first-order valence-corrected chi connectivity index (χ1v) is 12.9. The zero-order valence-electron chi connectivity index (χ0n) is 18.0. The molecule has 0 saturated heterocycles. The lowest BCUT2D eigenvalue weighted by Gasteiger charge is -2.08. The number of hydrogen-bond acceptors (Lipinski definition) is 2. The molecule has 152 valence electrons. The molecule has 0 N–H and O–H groups in total. The average molecular weight is 413 g/mol. The van der Waals surface area contributed by atoms with Gasteiger partial charge in [0.1, 0.15) is 0 Å². The van der Waals surface area contributed by atoms with E-state index in [1.165, 1.54) is 86.0 Å². The van der Waals surface area contributed by atoms with Gasteiger partial charge in [-0.15, -0.1) is 22.7 Å². The molecule has 0 bridgehead atoms. The summed E-state index contributed by atoms with van der Waals surface area (Å²) in [6, 6.07) is 4.91. The molecule has 0 radical (unpaired) electrons. The lowest BCUT2D eigenvalue weighted by molar-refractivity contribution is 0.641. The van der Waals surface area contributed by atoms with Gasteiger partial charge in [-0.1, -0.05) is 57.3 Å². The fourth-order valence-electron chi connectivity index (χ4n) is 4.03. The highest BCUT2D eigenvalue weighted by Crippen LogP contribution is 2.41. The molecule has 3 rings (SSSR count). The summed E-state index contributed by atoms with van der Waals surface area (Å²) in [6.45, 7) is 6.85. The van der Waals surface area contributed by atoms with Gasteiger partial charge in [0.05, 0.1) is 0 Å². The summed E-state index contributed by atoms with van der Waals surface area (Å²) in [5, 5.41) is 0. The fraction of sp³-hybridized carbons (Fsp3) is 0.538. The first-order valence-electron chi connectivity index (χ1n) is 11.2. The van der Waals surface area contributed by atoms with Crippen molar-refractivity contribution in [2.45, 2.75) is 91.4 Å². The molecule has 1 aliphatic carbocycles. The van der Waals surface area contributed by atoms with Crippen LogP contribution in [0.3, 0.4) is 0 Å². The predicted octanol–water partition coefficient (Wildman–Crippen LogP) is 9.21. The van der Waals surface area contributed by atoms with Crippen molar-refractivity contribution in [2.24, 2.45) is 0 Å². The highest BCUT2D eigenvalue weighted by molar-refractivity contribution is 7.22. The van der Waals surface area contributed by atoms with Crippen LogP contribution in [0.1, 0.15) is 85.6 Å². The first kappa shape index (κ1) is 21.6. The Morgan fingerprint density at radius 1 is 0.679 bits per heavy atom. The first-order chi connectivity index (χ1) is 13.7. The summed E-state index contributed by atoms with van der Waals surface area (Å²) in [5.41, 5.74) is 4.74. The Balaban J connectivity index is 1.55. The van der Waals surface area contributed by atoms with Gasteiger partial charge in [-0.05, 0) is 81.2 Å². The molecule has 0 atom stereocenters. The second-order valence-corrected chi connectivity index (χ2v) is 10.8. The molecule has 0 aliphatic heterocycles. The van der Waals surface area contributed by atoms with Gasteiger partial charge < -0.3 is 0 Å². The Morgan fingerprint density at radius 3 is 1.64 bits per heavy atom. The molecular formula is C26H36S2. The second-order valence-electron chi connectivity index (χ2n) is 8.25. The van der Waals surface area contributed by atoms with Crippen molar-refractivity contribution in [2.75, 3.05) is 0 Å². The molecule has 2 aromatic heterocycles. The zero-order chi connectivity index (χ0) is 19.8. The molecule has 0 amide bonds. The lowest BCUT2D eigenvalue weighted by atomic mass is 9.99. The molecule has 2 heterocycles. The Labute approximate surface area is 180 Å². The number of aryl methyl sites for hydroxylation is 4. The van der Waals surface area contributed by atoms with Crippen molar-refractivity contribution in [3.05, 3.63) is 56.8 Å². The number of unbranched alkanes of at least 4 members (excludes halogenated alkanes) is 6. The predicted molar refractivity (Wildman–Crippen MR) is 129 cm³/mol. The smallest absolute Gasteiger partial charge is 0.0480 e. The van der Waals surface area contributed by atoms with Gasteiger partial charge in [0.2, 0.25) is 0 Å². The van der Waals surface area contributed by atoms with E-state index in [0.717, 1.165) is 0 Å². The van der Waals surface area contributed by atoms with E-state index < -0.39 is 0 Å². The van der Waals surface area contributed by atoms with E-state index in [0.29, 0.717) is 0 Å². The van der Waals surface area contributed by atoms with E-state index >= 15 is 0 Å². The molecule has 0 spiro atoms. The van der Waals surface area contributed by atoms with Crippen LogP contribution in [0.4, 0.5) is 0 Å². The van der Waals surface area contributed by atoms with Crippen molar-refractivity contribution in [1.29, 1.82) is 0 Å². The molecule has 0 nitrogen and oxygen atoms in total. The minimum Gasteiger partial charge on any atom is -0.139 e. The normalized spacial score (nSPS) is 13.0.